The fourth-order valence-electron chi connectivity index (χ4n) is 3.37. The molecule has 1 aromatic rings. The highest BCUT2D eigenvalue weighted by atomic mass is 35.5. The molecule has 4 rings (SSSR count). The first-order valence-electron chi connectivity index (χ1n) is 8.25. The first-order chi connectivity index (χ1) is 12.0. The van der Waals surface area contributed by atoms with Gasteiger partial charge in [0.2, 0.25) is 0 Å². The van der Waals surface area contributed by atoms with Crippen molar-refractivity contribution in [3.63, 3.8) is 0 Å². The predicted molar refractivity (Wildman–Crippen MR) is 98.6 cm³/mol. The summed E-state index contributed by atoms with van der Waals surface area (Å²) in [4.78, 5) is 12.1. The lowest BCUT2D eigenvalue weighted by Crippen LogP contribution is -2.35. The fraction of sp³-hybridized carbons (Fsp3) is 0.333. The zero-order valence-electron chi connectivity index (χ0n) is 14.5. The molecular formula is C18H20ClF3N4O. The van der Waals surface area contributed by atoms with E-state index < -0.39 is 17.5 Å². The second-order valence-corrected chi connectivity index (χ2v) is 6.54. The normalized spacial score (nSPS) is 19.4. The minimum atomic E-state index is -1.48. The Balaban J connectivity index is 0.00000131. The van der Waals surface area contributed by atoms with Gasteiger partial charge in [-0.2, -0.15) is 0 Å². The summed E-state index contributed by atoms with van der Waals surface area (Å²) in [6, 6.07) is 4.03. The average molecular weight is 401 g/mol. The Morgan fingerprint density at radius 1 is 1.07 bits per heavy atom. The number of aromatic nitrogens is 3. The van der Waals surface area contributed by atoms with Crippen molar-refractivity contribution >= 4 is 12.4 Å². The van der Waals surface area contributed by atoms with Crippen molar-refractivity contribution in [1.29, 1.82) is 0 Å². The van der Waals surface area contributed by atoms with Crippen molar-refractivity contribution in [2.24, 2.45) is 0 Å². The summed E-state index contributed by atoms with van der Waals surface area (Å²) in [5.41, 5.74) is 1.92. The zero-order valence-corrected chi connectivity index (χ0v) is 15.3. The molecule has 0 saturated carbocycles. The predicted octanol–water partition coefficient (Wildman–Crippen LogP) is 3.45. The number of fused-ring (bicyclic) bond motifs is 1. The summed E-state index contributed by atoms with van der Waals surface area (Å²) in [6.45, 7) is 3.09. The smallest absolute Gasteiger partial charge is 0.194 e. The minimum Gasteiger partial charge on any atom is -0.412 e. The molecule has 9 heteroatoms. The summed E-state index contributed by atoms with van der Waals surface area (Å²) in [7, 11) is 0. The molecule has 0 aromatic heterocycles. The lowest BCUT2D eigenvalue weighted by Gasteiger charge is -2.27. The van der Waals surface area contributed by atoms with Crippen LogP contribution in [-0.4, -0.2) is 33.0 Å². The lowest BCUT2D eigenvalue weighted by atomic mass is 9.92. The topological polar surface area (TPSA) is 85.1 Å². The summed E-state index contributed by atoms with van der Waals surface area (Å²) in [5.74, 6) is -2.71. The molecule has 3 aliphatic heterocycles. The third-order valence-electron chi connectivity index (χ3n) is 4.68. The molecule has 3 aliphatic rings. The van der Waals surface area contributed by atoms with Gasteiger partial charge in [-0.1, -0.05) is 0 Å². The molecule has 0 spiro atoms. The van der Waals surface area contributed by atoms with E-state index in [2.05, 4.69) is 27.2 Å². The number of piperidine rings is 1. The Hall–Kier alpha value is -2.16. The van der Waals surface area contributed by atoms with Crippen LogP contribution in [0.5, 0.6) is 0 Å². The van der Waals surface area contributed by atoms with Crippen LogP contribution in [0.3, 0.4) is 0 Å². The van der Waals surface area contributed by atoms with Crippen LogP contribution < -0.4 is 5.32 Å². The highest BCUT2D eigenvalue weighted by molar-refractivity contribution is 5.85. The van der Waals surface area contributed by atoms with E-state index in [1.807, 2.05) is 0 Å². The number of H-pyrrole nitrogens is 1. The van der Waals surface area contributed by atoms with Crippen molar-refractivity contribution in [3.05, 3.63) is 47.7 Å². The molecule has 146 valence electrons. The number of hydrogen-bond donors (Lipinski definition) is 2. The van der Waals surface area contributed by atoms with Gasteiger partial charge in [-0.3, -0.25) is 0 Å². The Morgan fingerprint density at radius 2 is 1.78 bits per heavy atom. The van der Waals surface area contributed by atoms with Crippen molar-refractivity contribution < 1.29 is 18.6 Å². The molecule has 0 bridgehead atoms. The van der Waals surface area contributed by atoms with E-state index in [0.29, 0.717) is 23.3 Å². The molecule has 1 saturated heterocycles. The maximum atomic E-state index is 13.5. The van der Waals surface area contributed by atoms with E-state index in [4.69, 9.17) is 0 Å². The minimum absolute atomic E-state index is 0. The second-order valence-electron chi connectivity index (χ2n) is 6.54. The molecule has 0 aliphatic carbocycles. The zero-order chi connectivity index (χ0) is 17.6. The maximum absolute atomic E-state index is 13.5. The first-order valence-corrected chi connectivity index (χ1v) is 8.25. The van der Waals surface area contributed by atoms with Crippen LogP contribution >= 0.6 is 12.4 Å². The van der Waals surface area contributed by atoms with E-state index in [9.17, 15) is 13.2 Å². The summed E-state index contributed by atoms with van der Waals surface area (Å²) >= 11 is 0. The van der Waals surface area contributed by atoms with Crippen molar-refractivity contribution in [2.75, 3.05) is 6.54 Å². The van der Waals surface area contributed by atoms with Gasteiger partial charge in [0.25, 0.3) is 0 Å². The van der Waals surface area contributed by atoms with Crippen LogP contribution in [0.1, 0.15) is 31.5 Å². The van der Waals surface area contributed by atoms with Crippen LogP contribution in [0.2, 0.25) is 0 Å². The van der Waals surface area contributed by atoms with Crippen LogP contribution in [0.4, 0.5) is 13.2 Å². The van der Waals surface area contributed by atoms with Gasteiger partial charge in [-0.25, -0.2) is 23.1 Å². The highest BCUT2D eigenvalue weighted by Gasteiger charge is 2.23. The van der Waals surface area contributed by atoms with Gasteiger partial charge in [0.05, 0.1) is 17.6 Å². The molecule has 1 fully saturated rings. The molecular weight excluding hydrogens is 381 g/mol. The number of halogens is 4. The summed E-state index contributed by atoms with van der Waals surface area (Å²) in [5, 5.41) is 3.40. The molecule has 4 N–H and O–H groups in total. The standard InChI is InChI=1S/C18H17F3N4.ClH.H2O/c1-9-4-10(2-3-22-9)18-23-8-16-15(25-18)7-14(24-16)11-5-12(19)17(21)13(20)6-11;;/h5-10,22H,2-4H2,1H3,(H,23,25);1H;1H2. The number of hydrogen-bond acceptors (Lipinski definition) is 3. The molecule has 2 unspecified atom stereocenters. The SMILES string of the molecule is CC1CC(c2ncc3nc(-c4cc(F)c(F)c(F)c4)cc-3[nH]2)CCN1.Cl.O. The van der Waals surface area contributed by atoms with Crippen LogP contribution in [0.25, 0.3) is 22.6 Å². The van der Waals surface area contributed by atoms with Crippen molar-refractivity contribution in [1.82, 2.24) is 20.3 Å². The van der Waals surface area contributed by atoms with E-state index in [1.54, 1.807) is 12.3 Å². The number of rotatable bonds is 2. The third kappa shape index (κ3) is 4.07. The largest absolute Gasteiger partial charge is 0.412 e. The van der Waals surface area contributed by atoms with Crippen LogP contribution in [-0.2, 0) is 0 Å². The average Bonchev–Trinajstić information content (AvgIpc) is 3.02. The Kier molecular flexibility index (Phi) is 6.46. The molecule has 0 radical (unpaired) electrons. The first kappa shape index (κ1) is 21.1. The number of benzene rings is 1. The summed E-state index contributed by atoms with van der Waals surface area (Å²) in [6.07, 6.45) is 3.65. The quantitative estimate of drug-likeness (QED) is 0.646. The van der Waals surface area contributed by atoms with E-state index >= 15 is 0 Å². The van der Waals surface area contributed by atoms with Crippen LogP contribution in [0.15, 0.2) is 24.4 Å². The van der Waals surface area contributed by atoms with Gasteiger partial charge < -0.3 is 15.8 Å². The Labute approximate surface area is 160 Å². The molecule has 1 aromatic carbocycles. The van der Waals surface area contributed by atoms with Crippen LogP contribution in [0, 0.1) is 17.5 Å². The van der Waals surface area contributed by atoms with E-state index in [1.165, 1.54) is 0 Å². The van der Waals surface area contributed by atoms with E-state index in [-0.39, 0.29) is 23.4 Å². The molecule has 3 heterocycles. The van der Waals surface area contributed by atoms with E-state index in [0.717, 1.165) is 43.0 Å². The molecule has 2 atom stereocenters. The lowest BCUT2D eigenvalue weighted by molar-refractivity contribution is 0.371. The highest BCUT2D eigenvalue weighted by Crippen LogP contribution is 2.31. The third-order valence-corrected chi connectivity index (χ3v) is 4.68. The van der Waals surface area contributed by atoms with Gasteiger partial charge in [-0.15, -0.1) is 12.4 Å². The molecule has 27 heavy (non-hydrogen) atoms. The molecule has 0 amide bonds. The van der Waals surface area contributed by atoms with Gasteiger partial charge in [-0.05, 0) is 44.5 Å². The van der Waals surface area contributed by atoms with Gasteiger partial charge in [0, 0.05) is 17.5 Å². The van der Waals surface area contributed by atoms with Gasteiger partial charge in [0.1, 0.15) is 11.5 Å². The number of aromatic amines is 1. The van der Waals surface area contributed by atoms with Gasteiger partial charge >= 0.3 is 0 Å². The summed E-state index contributed by atoms with van der Waals surface area (Å²) < 4.78 is 40.0. The Morgan fingerprint density at radius 3 is 2.44 bits per heavy atom. The van der Waals surface area contributed by atoms with Gasteiger partial charge in [0.15, 0.2) is 17.5 Å². The molecule has 5 nitrogen and oxygen atoms in total. The Bertz CT molecular complexity index is 881. The fourth-order valence-corrected chi connectivity index (χ4v) is 3.37. The van der Waals surface area contributed by atoms with Crippen molar-refractivity contribution in [3.8, 4) is 22.6 Å². The second kappa shape index (κ2) is 8.24. The monoisotopic (exact) mass is 400 g/mol. The van der Waals surface area contributed by atoms with Crippen molar-refractivity contribution in [2.45, 2.75) is 31.7 Å². The number of nitrogens with zero attached hydrogens (tertiary/aromatic N) is 2. The number of nitrogens with one attached hydrogen (secondary N) is 2. The maximum Gasteiger partial charge on any atom is 0.194 e.